The smallest absolute Gasteiger partial charge is 0.331 e. The molecule has 5 rings (SSSR count). The van der Waals surface area contributed by atoms with Gasteiger partial charge in [0.15, 0.2) is 0 Å². The molecule has 0 aromatic carbocycles. The molecule has 2 saturated heterocycles. The van der Waals surface area contributed by atoms with E-state index in [9.17, 15) is 14.4 Å². The summed E-state index contributed by atoms with van der Waals surface area (Å²) in [4.78, 5) is 37.4. The lowest BCUT2D eigenvalue weighted by molar-refractivity contribution is -0.232. The summed E-state index contributed by atoms with van der Waals surface area (Å²) in [5.74, 6) is -1.50. The first-order chi connectivity index (χ1) is 16.7. The average molecular weight is 485 g/mol. The van der Waals surface area contributed by atoms with Crippen LogP contribution in [0.3, 0.4) is 0 Å². The highest BCUT2D eigenvalue weighted by atomic mass is 16.6. The van der Waals surface area contributed by atoms with Crippen LogP contribution in [-0.2, 0) is 38.1 Å². The Labute approximate surface area is 204 Å². The second-order valence-corrected chi connectivity index (χ2v) is 10.5. The molecular weight excluding hydrogens is 452 g/mol. The van der Waals surface area contributed by atoms with Crippen molar-refractivity contribution in [1.29, 1.82) is 0 Å². The van der Waals surface area contributed by atoms with E-state index in [1.807, 2.05) is 0 Å². The van der Waals surface area contributed by atoms with E-state index in [0.29, 0.717) is 19.4 Å². The number of ether oxygens (including phenoxy) is 5. The van der Waals surface area contributed by atoms with E-state index in [2.05, 4.69) is 19.9 Å². The number of rotatable bonds is 0. The van der Waals surface area contributed by atoms with Crippen LogP contribution in [0, 0.1) is 10.8 Å². The predicted octanol–water partition coefficient (Wildman–Crippen LogP) is 3.12. The lowest BCUT2D eigenvalue weighted by Crippen LogP contribution is -2.66. The molecular formula is C27H32O8. The quantitative estimate of drug-likeness (QED) is 0.224. The van der Waals surface area contributed by atoms with E-state index in [4.69, 9.17) is 23.7 Å². The molecule has 3 aliphatic heterocycles. The summed E-state index contributed by atoms with van der Waals surface area (Å²) >= 11 is 0. The number of carbonyl (C=O) groups excluding carboxylic acids is 3. The van der Waals surface area contributed by atoms with Crippen molar-refractivity contribution in [2.45, 2.75) is 70.4 Å². The third-order valence-corrected chi connectivity index (χ3v) is 8.63. The SMILES string of the molecule is CC1=CC2OC3CC4OC(=O)/C=C\C=C\C(=O)OCC/C(C)=C/C(=O)OCC2(CC1)C4(C)C31CO1. The fraction of sp³-hybridized carbons (Fsp3) is 0.593. The lowest BCUT2D eigenvalue weighted by atomic mass is 9.51. The van der Waals surface area contributed by atoms with Gasteiger partial charge in [0.2, 0.25) is 0 Å². The molecule has 5 aliphatic rings. The fourth-order valence-corrected chi connectivity index (χ4v) is 6.46. The van der Waals surface area contributed by atoms with Crippen molar-refractivity contribution >= 4 is 17.9 Å². The van der Waals surface area contributed by atoms with Gasteiger partial charge in [-0.05, 0) is 26.7 Å². The summed E-state index contributed by atoms with van der Waals surface area (Å²) in [7, 11) is 0. The highest BCUT2D eigenvalue weighted by molar-refractivity contribution is 5.85. The van der Waals surface area contributed by atoms with Crippen LogP contribution in [0.4, 0.5) is 0 Å². The highest BCUT2D eigenvalue weighted by Gasteiger charge is 2.83. The minimum atomic E-state index is -0.613. The van der Waals surface area contributed by atoms with Gasteiger partial charge in [-0.2, -0.15) is 0 Å². The maximum absolute atomic E-state index is 12.8. The van der Waals surface area contributed by atoms with Gasteiger partial charge < -0.3 is 23.7 Å². The topological polar surface area (TPSA) is 101 Å². The van der Waals surface area contributed by atoms with Gasteiger partial charge in [-0.1, -0.05) is 36.3 Å². The zero-order chi connectivity index (χ0) is 24.8. The summed E-state index contributed by atoms with van der Waals surface area (Å²) < 4.78 is 29.7. The Bertz CT molecular complexity index is 1050. The van der Waals surface area contributed by atoms with Gasteiger partial charge in [-0.25, -0.2) is 14.4 Å². The van der Waals surface area contributed by atoms with E-state index in [-0.39, 0.29) is 25.4 Å². The summed E-state index contributed by atoms with van der Waals surface area (Å²) in [5, 5.41) is 0. The minimum absolute atomic E-state index is 0.125. The van der Waals surface area contributed by atoms with Crippen LogP contribution in [0.5, 0.6) is 0 Å². The van der Waals surface area contributed by atoms with Crippen LogP contribution in [0.1, 0.15) is 46.5 Å². The first-order valence-corrected chi connectivity index (χ1v) is 12.2. The molecule has 2 aliphatic carbocycles. The number of hydrogen-bond acceptors (Lipinski definition) is 8. The lowest BCUT2D eigenvalue weighted by Gasteiger charge is -2.58. The van der Waals surface area contributed by atoms with Gasteiger partial charge in [0.05, 0.1) is 30.8 Å². The third-order valence-electron chi connectivity index (χ3n) is 8.63. The van der Waals surface area contributed by atoms with Crippen molar-refractivity contribution in [3.05, 3.63) is 47.6 Å². The Morgan fingerprint density at radius 3 is 2.37 bits per heavy atom. The molecule has 1 saturated carbocycles. The third kappa shape index (κ3) is 3.87. The average Bonchev–Trinajstić information content (AvgIpc) is 3.58. The van der Waals surface area contributed by atoms with Gasteiger partial charge in [0, 0.05) is 36.5 Å². The molecule has 3 fully saturated rings. The number of hydrogen-bond donors (Lipinski definition) is 0. The predicted molar refractivity (Wildman–Crippen MR) is 124 cm³/mol. The maximum atomic E-state index is 12.8. The van der Waals surface area contributed by atoms with E-state index >= 15 is 0 Å². The van der Waals surface area contributed by atoms with Crippen molar-refractivity contribution in [1.82, 2.24) is 0 Å². The molecule has 0 N–H and O–H groups in total. The van der Waals surface area contributed by atoms with Crippen LogP contribution in [0.15, 0.2) is 47.6 Å². The first kappa shape index (κ1) is 24.0. The molecule has 8 nitrogen and oxygen atoms in total. The maximum Gasteiger partial charge on any atom is 0.331 e. The van der Waals surface area contributed by atoms with Crippen LogP contribution >= 0.6 is 0 Å². The van der Waals surface area contributed by atoms with Crippen LogP contribution in [0.2, 0.25) is 0 Å². The molecule has 35 heavy (non-hydrogen) atoms. The second kappa shape index (κ2) is 8.75. The van der Waals surface area contributed by atoms with Crippen molar-refractivity contribution < 1.29 is 38.1 Å². The normalized spacial score (nSPS) is 44.9. The number of cyclic esters (lactones) is 2. The van der Waals surface area contributed by atoms with Crippen LogP contribution < -0.4 is 0 Å². The molecule has 0 aromatic heterocycles. The summed E-state index contributed by atoms with van der Waals surface area (Å²) in [6.45, 7) is 6.77. The molecule has 0 aromatic rings. The summed E-state index contributed by atoms with van der Waals surface area (Å²) in [5.41, 5.74) is 0.194. The van der Waals surface area contributed by atoms with Crippen molar-refractivity contribution in [2.24, 2.45) is 10.8 Å². The van der Waals surface area contributed by atoms with Crippen LogP contribution in [0.25, 0.3) is 0 Å². The molecule has 3 heterocycles. The van der Waals surface area contributed by atoms with Gasteiger partial charge in [-0.15, -0.1) is 0 Å². The molecule has 2 bridgehead atoms. The Balaban J connectivity index is 1.53. The monoisotopic (exact) mass is 484 g/mol. The van der Waals surface area contributed by atoms with Gasteiger partial charge in [0.25, 0.3) is 0 Å². The summed E-state index contributed by atoms with van der Waals surface area (Å²) in [6, 6.07) is 0. The Kier molecular flexibility index (Phi) is 6.00. The molecule has 0 radical (unpaired) electrons. The minimum Gasteiger partial charge on any atom is -0.462 e. The number of epoxide rings is 1. The van der Waals surface area contributed by atoms with Crippen LogP contribution in [-0.4, -0.2) is 61.6 Å². The Hall–Kier alpha value is -2.71. The second-order valence-electron chi connectivity index (χ2n) is 10.5. The van der Waals surface area contributed by atoms with Crippen molar-refractivity contribution in [3.63, 3.8) is 0 Å². The molecule has 2 spiro atoms. The number of esters is 3. The van der Waals surface area contributed by atoms with Crippen molar-refractivity contribution in [3.8, 4) is 0 Å². The Morgan fingerprint density at radius 2 is 1.63 bits per heavy atom. The molecule has 6 atom stereocenters. The number of carbonyl (C=O) groups is 3. The standard InChI is InChI=1S/C27H32O8/c1-17-8-10-26-15-32-24(30)13-18(2)9-11-31-22(28)6-4-5-7-23(29)35-19-14-21(34-20(26)12-17)27(16-33-27)25(19,26)3/h4-7,12-13,19-21H,8-11,14-16H2,1-3H3/b6-4+,7-5-,18-13+. The molecule has 8 heteroatoms. The molecule has 0 amide bonds. The van der Waals surface area contributed by atoms with Crippen molar-refractivity contribution in [2.75, 3.05) is 19.8 Å². The molecule has 6 unspecified atom stereocenters. The van der Waals surface area contributed by atoms with E-state index in [0.717, 1.165) is 18.4 Å². The Morgan fingerprint density at radius 1 is 0.886 bits per heavy atom. The number of allylic oxidation sites excluding steroid dienone is 3. The van der Waals surface area contributed by atoms with Gasteiger partial charge in [-0.3, -0.25) is 0 Å². The summed E-state index contributed by atoms with van der Waals surface area (Å²) in [6.07, 6.45) is 10.5. The largest absolute Gasteiger partial charge is 0.462 e. The van der Waals surface area contributed by atoms with E-state index < -0.39 is 40.4 Å². The van der Waals surface area contributed by atoms with E-state index in [1.54, 1.807) is 6.92 Å². The van der Waals surface area contributed by atoms with E-state index in [1.165, 1.54) is 36.0 Å². The first-order valence-electron chi connectivity index (χ1n) is 12.2. The zero-order valence-corrected chi connectivity index (χ0v) is 20.4. The van der Waals surface area contributed by atoms with Gasteiger partial charge >= 0.3 is 17.9 Å². The fourth-order valence-electron chi connectivity index (χ4n) is 6.46. The zero-order valence-electron chi connectivity index (χ0n) is 20.4. The molecule has 188 valence electrons. The highest BCUT2D eigenvalue weighted by Crippen LogP contribution is 2.72. The van der Waals surface area contributed by atoms with Gasteiger partial charge in [0.1, 0.15) is 18.3 Å².